The maximum absolute atomic E-state index is 10.6. The van der Waals surface area contributed by atoms with Crippen molar-refractivity contribution in [3.63, 3.8) is 0 Å². The second-order valence-electron chi connectivity index (χ2n) is 7.45. The molecule has 4 N–H and O–H groups in total. The Morgan fingerprint density at radius 2 is 2.16 bits per heavy atom. The summed E-state index contributed by atoms with van der Waals surface area (Å²) in [5.41, 5.74) is 2.78. The summed E-state index contributed by atoms with van der Waals surface area (Å²) in [5, 5.41) is 16.2. The topological polar surface area (TPSA) is 115 Å². The van der Waals surface area contributed by atoms with Crippen LogP contribution in [-0.4, -0.2) is 64.7 Å². The molecule has 9 nitrogen and oxygen atoms in total. The van der Waals surface area contributed by atoms with E-state index in [-0.39, 0.29) is 6.42 Å². The van der Waals surface area contributed by atoms with E-state index in [0.29, 0.717) is 19.4 Å². The normalized spacial score (nSPS) is 11.2. The summed E-state index contributed by atoms with van der Waals surface area (Å²) in [6.07, 6.45) is 4.99. The number of carboxylic acid groups (broad SMARTS) is 1. The molecule has 0 saturated heterocycles. The number of carboxylic acids is 1. The highest BCUT2D eigenvalue weighted by molar-refractivity contribution is 5.92. The Morgan fingerprint density at radius 1 is 1.29 bits per heavy atom. The lowest BCUT2D eigenvalue weighted by Gasteiger charge is -2.16. The fourth-order valence-electron chi connectivity index (χ4n) is 3.29. The average Bonchev–Trinajstić information content (AvgIpc) is 3.16. The van der Waals surface area contributed by atoms with Crippen LogP contribution in [0.1, 0.15) is 24.8 Å². The van der Waals surface area contributed by atoms with Crippen LogP contribution in [0, 0.1) is 0 Å². The van der Waals surface area contributed by atoms with Gasteiger partial charge >= 0.3 is 5.97 Å². The first-order chi connectivity index (χ1) is 15.1. The number of aromatic amines is 1. The summed E-state index contributed by atoms with van der Waals surface area (Å²) in [6.45, 7) is 3.12. The summed E-state index contributed by atoms with van der Waals surface area (Å²) in [5.74, 6) is 0.688. The third-order valence-corrected chi connectivity index (χ3v) is 4.89. The standard InChI is InChI=1S/C22H30N6O3/c1-23-9-10-28(2)14-16-13-24-21-20(16)22(26-15-25-21)27-17-6-5-7-18(12-17)31-11-4-3-8-19(29)30/h5-7,12-13,15,23H,3-4,8-11,14H2,1-2H3,(H,29,30)(H2,24,25,26,27). The number of nitrogens with zero attached hydrogens (tertiary/aromatic N) is 3. The molecule has 0 amide bonds. The second kappa shape index (κ2) is 11.3. The molecular formula is C22H30N6O3. The lowest BCUT2D eigenvalue weighted by atomic mass is 10.2. The summed E-state index contributed by atoms with van der Waals surface area (Å²) in [4.78, 5) is 24.9. The summed E-state index contributed by atoms with van der Waals surface area (Å²) < 4.78 is 5.77. The van der Waals surface area contributed by atoms with Crippen LogP contribution in [0.2, 0.25) is 0 Å². The van der Waals surface area contributed by atoms with Gasteiger partial charge in [-0.1, -0.05) is 6.07 Å². The van der Waals surface area contributed by atoms with Crippen molar-refractivity contribution in [3.05, 3.63) is 42.4 Å². The predicted octanol–water partition coefficient (Wildman–Crippen LogP) is 2.99. The molecule has 0 saturated carbocycles. The quantitative estimate of drug-likeness (QED) is 0.308. The molecule has 0 unspecified atom stereocenters. The number of aliphatic carboxylic acids is 1. The van der Waals surface area contributed by atoms with Crippen molar-refractivity contribution in [2.75, 3.05) is 39.1 Å². The first-order valence-electron chi connectivity index (χ1n) is 10.4. The molecule has 3 rings (SSSR count). The lowest BCUT2D eigenvalue weighted by molar-refractivity contribution is -0.137. The van der Waals surface area contributed by atoms with Crippen LogP contribution in [0.15, 0.2) is 36.8 Å². The average molecular weight is 427 g/mol. The van der Waals surface area contributed by atoms with Crippen molar-refractivity contribution in [1.29, 1.82) is 0 Å². The first-order valence-corrected chi connectivity index (χ1v) is 10.4. The minimum atomic E-state index is -0.778. The Morgan fingerprint density at radius 3 is 2.97 bits per heavy atom. The number of anilines is 2. The van der Waals surface area contributed by atoms with Crippen LogP contribution < -0.4 is 15.4 Å². The number of hydrogen-bond donors (Lipinski definition) is 4. The second-order valence-corrected chi connectivity index (χ2v) is 7.45. The van der Waals surface area contributed by atoms with Gasteiger partial charge in [0, 0.05) is 44.0 Å². The fraction of sp³-hybridized carbons (Fsp3) is 0.409. The van der Waals surface area contributed by atoms with Crippen molar-refractivity contribution >= 4 is 28.5 Å². The van der Waals surface area contributed by atoms with E-state index < -0.39 is 5.97 Å². The number of ether oxygens (including phenoxy) is 1. The van der Waals surface area contributed by atoms with Gasteiger partial charge in [0.15, 0.2) is 0 Å². The molecule has 3 aromatic rings. The van der Waals surface area contributed by atoms with Gasteiger partial charge in [0.05, 0.1) is 12.0 Å². The van der Waals surface area contributed by atoms with Gasteiger partial charge in [0.1, 0.15) is 23.5 Å². The van der Waals surface area contributed by atoms with Crippen molar-refractivity contribution in [1.82, 2.24) is 25.2 Å². The Balaban J connectivity index is 1.68. The molecule has 0 aliphatic carbocycles. The molecule has 0 spiro atoms. The van der Waals surface area contributed by atoms with Crippen molar-refractivity contribution in [2.45, 2.75) is 25.8 Å². The number of H-pyrrole nitrogens is 1. The molecule has 2 heterocycles. The number of carbonyl (C=O) groups is 1. The molecule has 0 fully saturated rings. The Bertz CT molecular complexity index is 990. The Labute approximate surface area is 181 Å². The zero-order valence-corrected chi connectivity index (χ0v) is 18.0. The van der Waals surface area contributed by atoms with E-state index in [2.05, 4.69) is 37.5 Å². The molecule has 0 bridgehead atoms. The van der Waals surface area contributed by atoms with Gasteiger partial charge in [0.25, 0.3) is 0 Å². The molecule has 0 radical (unpaired) electrons. The number of unbranched alkanes of at least 4 members (excludes halogenated alkanes) is 1. The van der Waals surface area contributed by atoms with Crippen LogP contribution in [0.5, 0.6) is 5.75 Å². The maximum Gasteiger partial charge on any atom is 0.303 e. The molecular weight excluding hydrogens is 396 g/mol. The molecule has 1 aromatic carbocycles. The van der Waals surface area contributed by atoms with E-state index in [9.17, 15) is 4.79 Å². The molecule has 0 atom stereocenters. The zero-order chi connectivity index (χ0) is 22.1. The molecule has 9 heteroatoms. The van der Waals surface area contributed by atoms with Gasteiger partial charge in [-0.15, -0.1) is 0 Å². The van der Waals surface area contributed by atoms with E-state index in [1.54, 1.807) is 6.33 Å². The van der Waals surface area contributed by atoms with E-state index in [1.807, 2.05) is 37.5 Å². The maximum atomic E-state index is 10.6. The molecule has 2 aromatic heterocycles. The van der Waals surface area contributed by atoms with Crippen LogP contribution in [0.25, 0.3) is 11.0 Å². The monoisotopic (exact) mass is 426 g/mol. The van der Waals surface area contributed by atoms with Crippen LogP contribution in [-0.2, 0) is 11.3 Å². The Kier molecular flexibility index (Phi) is 8.19. The van der Waals surface area contributed by atoms with E-state index in [1.165, 1.54) is 0 Å². The van der Waals surface area contributed by atoms with Gasteiger partial charge in [-0.3, -0.25) is 4.79 Å². The van der Waals surface area contributed by atoms with E-state index in [4.69, 9.17) is 9.84 Å². The highest BCUT2D eigenvalue weighted by Gasteiger charge is 2.13. The minimum Gasteiger partial charge on any atom is -0.494 e. The molecule has 31 heavy (non-hydrogen) atoms. The summed E-state index contributed by atoms with van der Waals surface area (Å²) >= 11 is 0. The highest BCUT2D eigenvalue weighted by Crippen LogP contribution is 2.28. The SMILES string of the molecule is CNCCN(C)Cc1c[nH]c2ncnc(Nc3cccc(OCCCCC(=O)O)c3)c12. The van der Waals surface area contributed by atoms with E-state index in [0.717, 1.165) is 53.5 Å². The first kappa shape index (κ1) is 22.5. The lowest BCUT2D eigenvalue weighted by Crippen LogP contribution is -2.26. The zero-order valence-electron chi connectivity index (χ0n) is 18.0. The third kappa shape index (κ3) is 6.66. The summed E-state index contributed by atoms with van der Waals surface area (Å²) in [6, 6.07) is 7.67. The molecule has 0 aliphatic heterocycles. The summed E-state index contributed by atoms with van der Waals surface area (Å²) in [7, 11) is 4.04. The molecule has 166 valence electrons. The van der Waals surface area contributed by atoms with Crippen molar-refractivity contribution in [2.24, 2.45) is 0 Å². The van der Waals surface area contributed by atoms with Gasteiger partial charge in [-0.05, 0) is 44.6 Å². The third-order valence-electron chi connectivity index (χ3n) is 4.89. The van der Waals surface area contributed by atoms with E-state index >= 15 is 0 Å². The molecule has 0 aliphatic rings. The van der Waals surface area contributed by atoms with Crippen LogP contribution >= 0.6 is 0 Å². The smallest absolute Gasteiger partial charge is 0.303 e. The van der Waals surface area contributed by atoms with Crippen LogP contribution in [0.4, 0.5) is 11.5 Å². The van der Waals surface area contributed by atoms with Gasteiger partial charge < -0.3 is 30.4 Å². The van der Waals surface area contributed by atoms with Crippen molar-refractivity contribution < 1.29 is 14.6 Å². The predicted molar refractivity (Wildman–Crippen MR) is 121 cm³/mol. The van der Waals surface area contributed by atoms with Crippen molar-refractivity contribution in [3.8, 4) is 5.75 Å². The number of fused-ring (bicyclic) bond motifs is 1. The van der Waals surface area contributed by atoms with Crippen LogP contribution in [0.3, 0.4) is 0 Å². The van der Waals surface area contributed by atoms with Gasteiger partial charge in [-0.25, -0.2) is 9.97 Å². The number of nitrogens with one attached hydrogen (secondary N) is 3. The number of benzene rings is 1. The number of likely N-dealkylation sites (N-methyl/N-ethyl adjacent to an activating group) is 2. The number of rotatable bonds is 13. The largest absolute Gasteiger partial charge is 0.494 e. The van der Waals surface area contributed by atoms with Gasteiger partial charge in [-0.2, -0.15) is 0 Å². The Hall–Kier alpha value is -3.17. The highest BCUT2D eigenvalue weighted by atomic mass is 16.5. The minimum absolute atomic E-state index is 0.164. The van der Waals surface area contributed by atoms with Gasteiger partial charge in [0.2, 0.25) is 0 Å². The number of aromatic nitrogens is 3. The number of hydrogen-bond acceptors (Lipinski definition) is 7. The fourth-order valence-corrected chi connectivity index (χ4v) is 3.29.